The fourth-order valence-corrected chi connectivity index (χ4v) is 4.21. The van der Waals surface area contributed by atoms with Crippen molar-refractivity contribution in [3.63, 3.8) is 0 Å². The summed E-state index contributed by atoms with van der Waals surface area (Å²) in [5.74, 6) is -0.159. The normalized spacial score (nSPS) is 31.8. The molecule has 2 rings (SSSR count). The minimum atomic E-state index is -1.28. The molecule has 0 aromatic carbocycles. The number of aliphatic carboxylic acids is 1. The first kappa shape index (κ1) is 20.4. The molecule has 2 unspecified atom stereocenters. The van der Waals surface area contributed by atoms with Crippen molar-refractivity contribution >= 4 is 5.97 Å². The summed E-state index contributed by atoms with van der Waals surface area (Å²) in [4.78, 5) is 10.7. The molecule has 1 saturated carbocycles. The third-order valence-electron chi connectivity index (χ3n) is 5.73. The number of aliphatic hydroxyl groups excluding tert-OH is 2. The Morgan fingerprint density at radius 1 is 1.16 bits per heavy atom. The van der Waals surface area contributed by atoms with Crippen molar-refractivity contribution in [2.45, 2.75) is 95.5 Å². The highest BCUT2D eigenvalue weighted by Crippen LogP contribution is 2.43. The number of carbonyl (C=O) groups is 1. The second-order valence-electron chi connectivity index (χ2n) is 7.66. The highest BCUT2D eigenvalue weighted by molar-refractivity contribution is 5.71. The summed E-state index contributed by atoms with van der Waals surface area (Å²) in [7, 11) is 0. The molecular weight excluding hydrogens is 320 g/mol. The molecule has 25 heavy (non-hydrogen) atoms. The van der Waals surface area contributed by atoms with Crippen LogP contribution in [0.2, 0.25) is 0 Å². The van der Waals surface area contributed by atoms with Gasteiger partial charge >= 0.3 is 5.97 Å². The number of carboxylic acids is 1. The highest BCUT2D eigenvalue weighted by atomic mass is 16.5. The SMILES string of the molecule is CCCCC[C@H](O)C=C[C@H]1CC[C@H]2OC(CCC(O)C(=O)O)CC[C@H]12. The maximum absolute atomic E-state index is 10.7. The van der Waals surface area contributed by atoms with E-state index in [1.54, 1.807) is 0 Å². The number of aliphatic hydroxyl groups is 2. The van der Waals surface area contributed by atoms with Gasteiger partial charge in [-0.3, -0.25) is 0 Å². The zero-order chi connectivity index (χ0) is 18.2. The average Bonchev–Trinajstić information content (AvgIpc) is 3.00. The zero-order valence-corrected chi connectivity index (χ0v) is 15.3. The molecule has 1 saturated heterocycles. The van der Waals surface area contributed by atoms with E-state index in [9.17, 15) is 15.0 Å². The molecule has 0 aromatic heterocycles. The summed E-state index contributed by atoms with van der Waals surface area (Å²) in [6, 6.07) is 0. The van der Waals surface area contributed by atoms with E-state index in [-0.39, 0.29) is 24.7 Å². The first-order valence-corrected chi connectivity index (χ1v) is 9.94. The van der Waals surface area contributed by atoms with Gasteiger partial charge in [0, 0.05) is 0 Å². The second-order valence-corrected chi connectivity index (χ2v) is 7.66. The van der Waals surface area contributed by atoms with Crippen LogP contribution in [0.15, 0.2) is 12.2 Å². The molecule has 5 nitrogen and oxygen atoms in total. The molecule has 0 bridgehead atoms. The molecule has 1 heterocycles. The number of ether oxygens (including phenoxy) is 1. The summed E-state index contributed by atoms with van der Waals surface area (Å²) in [6.07, 6.45) is 12.1. The van der Waals surface area contributed by atoms with E-state index in [0.29, 0.717) is 18.3 Å². The third kappa shape index (κ3) is 6.39. The number of rotatable bonds is 10. The van der Waals surface area contributed by atoms with Crippen molar-refractivity contribution in [2.24, 2.45) is 11.8 Å². The van der Waals surface area contributed by atoms with Gasteiger partial charge in [-0.1, -0.05) is 38.3 Å². The molecule has 0 aromatic rings. The Labute approximate surface area is 151 Å². The van der Waals surface area contributed by atoms with Crippen LogP contribution >= 0.6 is 0 Å². The number of fused-ring (bicyclic) bond motifs is 1. The van der Waals surface area contributed by atoms with Crippen molar-refractivity contribution < 1.29 is 24.9 Å². The lowest BCUT2D eigenvalue weighted by Gasteiger charge is -2.34. The summed E-state index contributed by atoms with van der Waals surface area (Å²) in [6.45, 7) is 2.17. The molecule has 144 valence electrons. The molecule has 3 N–H and O–H groups in total. The number of hydrogen-bond donors (Lipinski definition) is 3. The van der Waals surface area contributed by atoms with Gasteiger partial charge in [0.1, 0.15) is 0 Å². The minimum absolute atomic E-state index is 0.0672. The van der Waals surface area contributed by atoms with Crippen molar-refractivity contribution in [1.82, 2.24) is 0 Å². The van der Waals surface area contributed by atoms with Crippen molar-refractivity contribution in [1.29, 1.82) is 0 Å². The predicted molar refractivity (Wildman–Crippen MR) is 96.3 cm³/mol. The highest BCUT2D eigenvalue weighted by Gasteiger charge is 2.40. The fraction of sp³-hybridized carbons (Fsp3) is 0.850. The predicted octanol–water partition coefficient (Wildman–Crippen LogP) is 3.28. The maximum atomic E-state index is 10.7. The van der Waals surface area contributed by atoms with Gasteiger partial charge in [0.15, 0.2) is 6.10 Å². The number of hydrogen-bond acceptors (Lipinski definition) is 4. The molecule has 0 radical (unpaired) electrons. The van der Waals surface area contributed by atoms with Crippen molar-refractivity contribution in [3.8, 4) is 0 Å². The lowest BCUT2D eigenvalue weighted by atomic mass is 9.85. The lowest BCUT2D eigenvalue weighted by molar-refractivity contribution is -0.147. The Morgan fingerprint density at radius 2 is 1.96 bits per heavy atom. The van der Waals surface area contributed by atoms with E-state index < -0.39 is 12.1 Å². The molecule has 2 aliphatic rings. The van der Waals surface area contributed by atoms with Crippen molar-refractivity contribution in [2.75, 3.05) is 0 Å². The van der Waals surface area contributed by atoms with E-state index in [1.165, 1.54) is 12.8 Å². The molecule has 2 fully saturated rings. The van der Waals surface area contributed by atoms with Gasteiger partial charge in [0.25, 0.3) is 0 Å². The molecule has 5 heteroatoms. The van der Waals surface area contributed by atoms with Crippen LogP contribution in [-0.4, -0.2) is 45.7 Å². The summed E-state index contributed by atoms with van der Waals surface area (Å²) in [5.41, 5.74) is 0. The van der Waals surface area contributed by atoms with Gasteiger partial charge in [-0.05, 0) is 56.8 Å². The monoisotopic (exact) mass is 354 g/mol. The summed E-state index contributed by atoms with van der Waals surface area (Å²) in [5, 5.41) is 28.2. The van der Waals surface area contributed by atoms with E-state index in [1.807, 2.05) is 6.08 Å². The van der Waals surface area contributed by atoms with Crippen LogP contribution in [0, 0.1) is 11.8 Å². The van der Waals surface area contributed by atoms with Gasteiger partial charge in [-0.15, -0.1) is 0 Å². The van der Waals surface area contributed by atoms with E-state index >= 15 is 0 Å². The van der Waals surface area contributed by atoms with Crippen LogP contribution < -0.4 is 0 Å². The van der Waals surface area contributed by atoms with E-state index in [0.717, 1.165) is 38.5 Å². The zero-order valence-electron chi connectivity index (χ0n) is 15.3. The van der Waals surface area contributed by atoms with Crippen LogP contribution in [-0.2, 0) is 9.53 Å². The second kappa shape index (κ2) is 10.3. The summed E-state index contributed by atoms with van der Waals surface area (Å²) < 4.78 is 6.16. The van der Waals surface area contributed by atoms with Gasteiger partial charge in [0.05, 0.1) is 18.3 Å². The van der Waals surface area contributed by atoms with Crippen molar-refractivity contribution in [3.05, 3.63) is 12.2 Å². The first-order valence-electron chi connectivity index (χ1n) is 9.94. The van der Waals surface area contributed by atoms with Crippen LogP contribution in [0.25, 0.3) is 0 Å². The lowest BCUT2D eigenvalue weighted by Crippen LogP contribution is -2.34. The quantitative estimate of drug-likeness (QED) is 0.414. The fourth-order valence-electron chi connectivity index (χ4n) is 4.21. The van der Waals surface area contributed by atoms with Crippen LogP contribution in [0.5, 0.6) is 0 Å². The Morgan fingerprint density at radius 3 is 2.68 bits per heavy atom. The standard InChI is InChI=1S/C20H34O5/c1-2-3-4-5-15(21)8-6-14-7-13-19-17(14)11-9-16(25-19)10-12-18(22)20(23)24/h6,8,14-19,21-22H,2-5,7,9-13H2,1H3,(H,23,24)/t14-,15-,16?,17+,18?,19+/m0/s1. The molecule has 6 atom stereocenters. The third-order valence-corrected chi connectivity index (χ3v) is 5.73. The molecule has 0 amide bonds. The van der Waals surface area contributed by atoms with Gasteiger partial charge in [0.2, 0.25) is 0 Å². The number of carboxylic acid groups (broad SMARTS) is 1. The first-order chi connectivity index (χ1) is 12.0. The molecule has 1 aliphatic carbocycles. The Bertz CT molecular complexity index is 436. The van der Waals surface area contributed by atoms with Gasteiger partial charge in [-0.2, -0.15) is 0 Å². The topological polar surface area (TPSA) is 87.0 Å². The average molecular weight is 354 g/mol. The van der Waals surface area contributed by atoms with Gasteiger partial charge in [-0.25, -0.2) is 4.79 Å². The largest absolute Gasteiger partial charge is 0.479 e. The molecular formula is C20H34O5. The van der Waals surface area contributed by atoms with Crippen LogP contribution in [0.3, 0.4) is 0 Å². The van der Waals surface area contributed by atoms with Crippen LogP contribution in [0.1, 0.15) is 71.1 Å². The molecule has 1 aliphatic heterocycles. The Kier molecular flexibility index (Phi) is 8.40. The van der Waals surface area contributed by atoms with E-state index in [2.05, 4.69) is 13.0 Å². The molecule has 0 spiro atoms. The van der Waals surface area contributed by atoms with Crippen LogP contribution in [0.4, 0.5) is 0 Å². The maximum Gasteiger partial charge on any atom is 0.332 e. The van der Waals surface area contributed by atoms with Gasteiger partial charge < -0.3 is 20.1 Å². The smallest absolute Gasteiger partial charge is 0.332 e. The number of unbranched alkanes of at least 4 members (excludes halogenated alkanes) is 2. The summed E-state index contributed by atoms with van der Waals surface area (Å²) >= 11 is 0. The Balaban J connectivity index is 1.73. The minimum Gasteiger partial charge on any atom is -0.479 e. The Hall–Kier alpha value is -0.910. The van der Waals surface area contributed by atoms with E-state index in [4.69, 9.17) is 9.84 Å². The number of allylic oxidation sites excluding steroid dienone is 1.